The highest BCUT2D eigenvalue weighted by Gasteiger charge is 2.20. The molecule has 0 fully saturated rings. The van der Waals surface area contributed by atoms with Gasteiger partial charge in [0, 0.05) is 37.9 Å². The predicted molar refractivity (Wildman–Crippen MR) is 144 cm³/mol. The topological polar surface area (TPSA) is 136 Å². The number of rotatable bonds is 10. The van der Waals surface area contributed by atoms with Crippen LogP contribution in [0.5, 0.6) is 5.75 Å². The number of aromatic hydroxyl groups is 1. The Labute approximate surface area is 210 Å². The van der Waals surface area contributed by atoms with Gasteiger partial charge in [-0.05, 0) is 62.1 Å². The van der Waals surface area contributed by atoms with Crippen LogP contribution < -0.4 is 21.5 Å². The Morgan fingerprint density at radius 1 is 1.14 bits per heavy atom. The number of hydrogen-bond donors (Lipinski definition) is 5. The standard InChI is InChI=1S/C27H33N7O2/c1-3-33(4-2)20-11-9-19(10-12-20)24-17-34-25(22(31-24)6-5-15-30-27(28)29)32-23(26(34)36)16-18-7-13-21(35)14-8-18/h7-14,17,31,35H,3-6,15-16H2,1-2H3,(H4,28,29,30). The minimum Gasteiger partial charge on any atom is -0.508 e. The zero-order valence-electron chi connectivity index (χ0n) is 20.7. The number of phenolic OH excluding ortho intramolecular Hbond substituents is 1. The number of nitrogens with two attached hydrogens (primary N) is 1. The van der Waals surface area contributed by atoms with E-state index in [0.29, 0.717) is 37.3 Å². The van der Waals surface area contributed by atoms with Crippen LogP contribution in [0.4, 0.5) is 5.69 Å². The molecule has 0 radical (unpaired) electrons. The van der Waals surface area contributed by atoms with Gasteiger partial charge in [-0.25, -0.2) is 4.98 Å². The zero-order valence-corrected chi connectivity index (χ0v) is 20.7. The molecule has 2 aromatic rings. The quantitative estimate of drug-likeness (QED) is 0.132. The van der Waals surface area contributed by atoms with Crippen LogP contribution in [-0.2, 0) is 12.8 Å². The van der Waals surface area contributed by atoms with Crippen LogP contribution in [0.3, 0.4) is 0 Å². The van der Waals surface area contributed by atoms with E-state index >= 15 is 0 Å². The lowest BCUT2D eigenvalue weighted by atomic mass is 10.1. The fourth-order valence-corrected chi connectivity index (χ4v) is 4.35. The summed E-state index contributed by atoms with van der Waals surface area (Å²) in [6, 6.07) is 15.1. The van der Waals surface area contributed by atoms with Crippen LogP contribution in [0, 0.1) is 5.41 Å². The number of guanidine groups is 1. The average Bonchev–Trinajstić information content (AvgIpc) is 3.19. The van der Waals surface area contributed by atoms with Crippen LogP contribution in [0.15, 0.2) is 59.5 Å². The van der Waals surface area contributed by atoms with Gasteiger partial charge in [-0.3, -0.25) is 14.8 Å². The number of aromatic amines is 1. The number of nitrogens with one attached hydrogen (secondary N) is 3. The molecule has 0 aromatic heterocycles. The molecule has 2 aromatic carbocycles. The summed E-state index contributed by atoms with van der Waals surface area (Å²) in [5.74, 6) is 0.717. The molecule has 36 heavy (non-hydrogen) atoms. The van der Waals surface area contributed by atoms with Crippen molar-refractivity contribution < 1.29 is 5.11 Å². The molecule has 9 heteroatoms. The number of fused-ring (bicyclic) bond motifs is 1. The zero-order chi connectivity index (χ0) is 25.7. The van der Waals surface area contributed by atoms with E-state index in [4.69, 9.17) is 16.1 Å². The van der Waals surface area contributed by atoms with Crippen molar-refractivity contribution in [3.63, 3.8) is 0 Å². The Bertz CT molecular complexity index is 1340. The minimum absolute atomic E-state index is 0.0648. The molecule has 0 saturated carbocycles. The molecular formula is C27H33N7O2. The molecule has 0 unspecified atom stereocenters. The van der Waals surface area contributed by atoms with Crippen molar-refractivity contribution >= 4 is 11.6 Å². The molecule has 2 heterocycles. The van der Waals surface area contributed by atoms with Gasteiger partial charge in [-0.15, -0.1) is 0 Å². The van der Waals surface area contributed by atoms with Gasteiger partial charge in [0.15, 0.2) is 11.8 Å². The molecule has 6 N–H and O–H groups in total. The molecule has 0 atom stereocenters. The Balaban J connectivity index is 1.71. The van der Waals surface area contributed by atoms with Crippen LogP contribution in [-0.4, -0.2) is 45.2 Å². The van der Waals surface area contributed by atoms with Gasteiger partial charge < -0.3 is 26.0 Å². The van der Waals surface area contributed by atoms with Gasteiger partial charge >= 0.3 is 0 Å². The van der Waals surface area contributed by atoms with Crippen LogP contribution in [0.2, 0.25) is 0 Å². The number of anilines is 1. The highest BCUT2D eigenvalue weighted by atomic mass is 16.3. The smallest absolute Gasteiger partial charge is 0.278 e. The normalized spacial score (nSPS) is 11.1. The maximum absolute atomic E-state index is 13.3. The fraction of sp³-hybridized carbons (Fsp3) is 0.296. The summed E-state index contributed by atoms with van der Waals surface area (Å²) >= 11 is 0. The highest BCUT2D eigenvalue weighted by molar-refractivity contribution is 5.74. The van der Waals surface area contributed by atoms with Crippen molar-refractivity contribution in [2.45, 2.75) is 33.1 Å². The second kappa shape index (κ2) is 11.0. The third kappa shape index (κ3) is 5.51. The van der Waals surface area contributed by atoms with Crippen LogP contribution in [0.1, 0.15) is 37.2 Å². The summed E-state index contributed by atoms with van der Waals surface area (Å²) < 4.78 is 1.62. The second-order valence-corrected chi connectivity index (χ2v) is 8.71. The number of imidazole rings is 1. The Morgan fingerprint density at radius 3 is 2.47 bits per heavy atom. The first-order chi connectivity index (χ1) is 17.4. The SMILES string of the molecule is CCN(CC)c1ccc(-c2cn3c(=O)c(Cc4ccc(O)cc4)nc-3c(CCCNC(=N)N)[nH]2)cc1. The molecule has 0 aliphatic carbocycles. The Hall–Kier alpha value is -4.27. The molecule has 0 saturated heterocycles. The Morgan fingerprint density at radius 2 is 1.83 bits per heavy atom. The fourth-order valence-electron chi connectivity index (χ4n) is 4.35. The number of nitrogens with zero attached hydrogens (tertiary/aromatic N) is 3. The first kappa shape index (κ1) is 24.8. The van der Waals surface area contributed by atoms with Crippen LogP contribution in [0.25, 0.3) is 17.1 Å². The van der Waals surface area contributed by atoms with Crippen LogP contribution >= 0.6 is 0 Å². The predicted octanol–water partition coefficient (Wildman–Crippen LogP) is 3.22. The van der Waals surface area contributed by atoms with E-state index in [1.807, 2.05) is 6.20 Å². The van der Waals surface area contributed by atoms with E-state index in [1.54, 1.807) is 28.8 Å². The van der Waals surface area contributed by atoms with Gasteiger partial charge in [0.2, 0.25) is 0 Å². The molecule has 0 bridgehead atoms. The van der Waals surface area contributed by atoms with Gasteiger partial charge in [0.05, 0.1) is 11.4 Å². The second-order valence-electron chi connectivity index (χ2n) is 8.71. The third-order valence-corrected chi connectivity index (χ3v) is 6.28. The summed E-state index contributed by atoms with van der Waals surface area (Å²) in [6.45, 7) is 6.69. The summed E-state index contributed by atoms with van der Waals surface area (Å²) in [5, 5.41) is 19.8. The van der Waals surface area contributed by atoms with Crippen molar-refractivity contribution in [3.05, 3.63) is 82.0 Å². The van der Waals surface area contributed by atoms with Crippen molar-refractivity contribution in [3.8, 4) is 22.8 Å². The lowest BCUT2D eigenvalue weighted by Crippen LogP contribution is -2.31. The van der Waals surface area contributed by atoms with Gasteiger partial charge in [0.1, 0.15) is 11.4 Å². The largest absolute Gasteiger partial charge is 0.508 e. The Kier molecular flexibility index (Phi) is 7.58. The lowest BCUT2D eigenvalue weighted by molar-refractivity contribution is 0.475. The van der Waals surface area contributed by atoms with Crippen molar-refractivity contribution in [1.29, 1.82) is 5.41 Å². The van der Waals surface area contributed by atoms with E-state index in [0.717, 1.165) is 41.3 Å². The van der Waals surface area contributed by atoms with Crippen molar-refractivity contribution in [1.82, 2.24) is 19.9 Å². The van der Waals surface area contributed by atoms with Crippen molar-refractivity contribution in [2.24, 2.45) is 5.73 Å². The number of aryl methyl sites for hydroxylation is 1. The molecule has 9 nitrogen and oxygen atoms in total. The molecule has 4 rings (SSSR count). The highest BCUT2D eigenvalue weighted by Crippen LogP contribution is 2.25. The van der Waals surface area contributed by atoms with Gasteiger partial charge in [-0.2, -0.15) is 0 Å². The van der Waals surface area contributed by atoms with E-state index in [2.05, 4.69) is 53.3 Å². The number of phenols is 1. The summed E-state index contributed by atoms with van der Waals surface area (Å²) in [7, 11) is 0. The first-order valence-electron chi connectivity index (χ1n) is 12.2. The molecule has 2 aliphatic rings. The van der Waals surface area contributed by atoms with E-state index in [-0.39, 0.29) is 17.3 Å². The number of benzene rings is 2. The van der Waals surface area contributed by atoms with E-state index in [1.165, 1.54) is 0 Å². The van der Waals surface area contributed by atoms with E-state index < -0.39 is 0 Å². The molecule has 0 spiro atoms. The monoisotopic (exact) mass is 487 g/mol. The lowest BCUT2D eigenvalue weighted by Gasteiger charge is -2.21. The van der Waals surface area contributed by atoms with Crippen molar-refractivity contribution in [2.75, 3.05) is 24.5 Å². The summed E-state index contributed by atoms with van der Waals surface area (Å²) in [6.07, 6.45) is 3.53. The molecule has 0 amide bonds. The summed E-state index contributed by atoms with van der Waals surface area (Å²) in [4.78, 5) is 23.8. The van der Waals surface area contributed by atoms with Gasteiger partial charge in [-0.1, -0.05) is 24.3 Å². The number of hydrogen-bond acceptors (Lipinski definition) is 5. The number of H-pyrrole nitrogens is 1. The minimum atomic E-state index is -0.156. The average molecular weight is 488 g/mol. The van der Waals surface area contributed by atoms with Gasteiger partial charge in [0.25, 0.3) is 5.56 Å². The first-order valence-corrected chi connectivity index (χ1v) is 12.2. The molecule has 188 valence electrons. The maximum atomic E-state index is 13.3. The third-order valence-electron chi connectivity index (χ3n) is 6.28. The summed E-state index contributed by atoms with van der Waals surface area (Å²) in [5.41, 5.74) is 10.4. The molecular weight excluding hydrogens is 454 g/mol. The maximum Gasteiger partial charge on any atom is 0.278 e. The molecule has 2 aliphatic heterocycles. The number of aromatic nitrogens is 3. The van der Waals surface area contributed by atoms with E-state index in [9.17, 15) is 9.90 Å².